The van der Waals surface area contributed by atoms with Gasteiger partial charge in [-0.1, -0.05) is 36.4 Å². The van der Waals surface area contributed by atoms with Crippen LogP contribution in [0.4, 0.5) is 0 Å². The van der Waals surface area contributed by atoms with E-state index in [-0.39, 0.29) is 0 Å². The van der Waals surface area contributed by atoms with Gasteiger partial charge in [0.05, 0.1) is 16.6 Å². The molecule has 0 amide bonds. The zero-order valence-electron chi connectivity index (χ0n) is 11.2. The first-order valence-electron chi connectivity index (χ1n) is 6.64. The summed E-state index contributed by atoms with van der Waals surface area (Å²) >= 11 is 0. The van der Waals surface area contributed by atoms with Crippen molar-refractivity contribution in [2.45, 2.75) is 6.73 Å². The molecule has 20 heavy (non-hydrogen) atoms. The smallest absolute Gasteiger partial charge is 0.123 e. The minimum Gasteiger partial charge on any atom is -0.364 e. The van der Waals surface area contributed by atoms with Crippen LogP contribution in [-0.4, -0.2) is 16.7 Å². The molecule has 3 heteroatoms. The van der Waals surface area contributed by atoms with E-state index in [2.05, 4.69) is 45.9 Å². The van der Waals surface area contributed by atoms with Crippen molar-refractivity contribution >= 4 is 32.7 Å². The lowest BCUT2D eigenvalue weighted by molar-refractivity contribution is 0.138. The molecule has 0 fully saturated rings. The number of hydrogen-bond donors (Lipinski definition) is 0. The van der Waals surface area contributed by atoms with Crippen LogP contribution in [0.5, 0.6) is 0 Å². The van der Waals surface area contributed by atoms with E-state index >= 15 is 0 Å². The molecule has 0 spiro atoms. The fourth-order valence-corrected chi connectivity index (χ4v) is 2.94. The number of methoxy groups -OCH3 is 1. The first kappa shape index (κ1) is 11.4. The molecule has 0 aliphatic heterocycles. The molecule has 0 aliphatic carbocycles. The Kier molecular flexibility index (Phi) is 2.47. The summed E-state index contributed by atoms with van der Waals surface area (Å²) in [7, 11) is 1.73. The van der Waals surface area contributed by atoms with Crippen molar-refractivity contribution in [1.82, 2.24) is 9.55 Å². The van der Waals surface area contributed by atoms with E-state index in [1.54, 1.807) is 7.11 Å². The number of rotatable bonds is 2. The summed E-state index contributed by atoms with van der Waals surface area (Å²) in [6.07, 6.45) is 1.96. The van der Waals surface area contributed by atoms with Crippen LogP contribution in [0.3, 0.4) is 0 Å². The molecule has 3 nitrogen and oxygen atoms in total. The zero-order chi connectivity index (χ0) is 13.5. The molecular formula is C17H14N2O. The van der Waals surface area contributed by atoms with Crippen LogP contribution < -0.4 is 0 Å². The molecule has 2 heterocycles. The van der Waals surface area contributed by atoms with E-state index in [1.807, 2.05) is 18.3 Å². The topological polar surface area (TPSA) is 27.1 Å². The Bertz CT molecular complexity index is 924. The summed E-state index contributed by atoms with van der Waals surface area (Å²) in [6, 6.07) is 16.6. The van der Waals surface area contributed by atoms with E-state index in [0.29, 0.717) is 6.73 Å². The number of para-hydroxylation sites is 2. The van der Waals surface area contributed by atoms with Crippen LogP contribution in [0.15, 0.2) is 54.7 Å². The number of nitrogens with zero attached hydrogens (tertiary/aromatic N) is 2. The van der Waals surface area contributed by atoms with Gasteiger partial charge < -0.3 is 9.30 Å². The van der Waals surface area contributed by atoms with Gasteiger partial charge in [0, 0.05) is 29.5 Å². The van der Waals surface area contributed by atoms with Gasteiger partial charge in [-0.15, -0.1) is 0 Å². The molecule has 0 radical (unpaired) electrons. The summed E-state index contributed by atoms with van der Waals surface area (Å²) in [5, 5.41) is 3.56. The zero-order valence-corrected chi connectivity index (χ0v) is 11.2. The van der Waals surface area contributed by atoms with Crippen molar-refractivity contribution in [2.75, 3.05) is 7.11 Å². The number of fused-ring (bicyclic) bond motifs is 5. The minimum absolute atomic E-state index is 0.540. The van der Waals surface area contributed by atoms with E-state index in [1.165, 1.54) is 27.2 Å². The highest BCUT2D eigenvalue weighted by atomic mass is 16.5. The third-order valence-corrected chi connectivity index (χ3v) is 3.76. The van der Waals surface area contributed by atoms with Crippen LogP contribution in [0, 0.1) is 0 Å². The van der Waals surface area contributed by atoms with Gasteiger partial charge >= 0.3 is 0 Å². The highest BCUT2D eigenvalue weighted by molar-refractivity contribution is 6.16. The molecule has 0 aliphatic rings. The average Bonchev–Trinajstić information content (AvgIpc) is 2.83. The molecule has 4 rings (SSSR count). The van der Waals surface area contributed by atoms with Crippen LogP contribution in [0.2, 0.25) is 0 Å². The van der Waals surface area contributed by atoms with Crippen LogP contribution in [0.25, 0.3) is 32.7 Å². The van der Waals surface area contributed by atoms with E-state index in [9.17, 15) is 0 Å². The van der Waals surface area contributed by atoms with Gasteiger partial charge in [-0.05, 0) is 12.1 Å². The molecule has 0 saturated carbocycles. The summed E-state index contributed by atoms with van der Waals surface area (Å²) < 4.78 is 7.61. The average molecular weight is 262 g/mol. The number of hydrogen-bond acceptors (Lipinski definition) is 2. The van der Waals surface area contributed by atoms with Crippen molar-refractivity contribution in [3.05, 3.63) is 54.7 Å². The third-order valence-electron chi connectivity index (χ3n) is 3.76. The minimum atomic E-state index is 0.540. The van der Waals surface area contributed by atoms with Crippen molar-refractivity contribution in [2.24, 2.45) is 0 Å². The predicted octanol–water partition coefficient (Wildman–Crippen LogP) is 3.95. The Morgan fingerprint density at radius 1 is 0.950 bits per heavy atom. The lowest BCUT2D eigenvalue weighted by Crippen LogP contribution is -1.99. The van der Waals surface area contributed by atoms with Crippen LogP contribution in [-0.2, 0) is 11.5 Å². The molecule has 2 aromatic heterocycles. The molecular weight excluding hydrogens is 248 g/mol. The van der Waals surface area contributed by atoms with Crippen molar-refractivity contribution < 1.29 is 4.74 Å². The molecule has 2 aromatic carbocycles. The Morgan fingerprint density at radius 3 is 2.55 bits per heavy atom. The monoisotopic (exact) mass is 262 g/mol. The van der Waals surface area contributed by atoms with Gasteiger partial charge in [0.1, 0.15) is 6.73 Å². The summed E-state index contributed by atoms with van der Waals surface area (Å²) in [4.78, 5) is 4.58. The molecule has 0 unspecified atom stereocenters. The molecule has 0 bridgehead atoms. The van der Waals surface area contributed by atoms with E-state index in [4.69, 9.17) is 4.74 Å². The standard InChI is InChI=1S/C17H14N2O/c1-20-11-19-16-9-5-3-6-12(16)14-10-18-15-8-4-2-7-13(15)17(14)19/h2-10H,11H2,1H3. The van der Waals surface area contributed by atoms with E-state index < -0.39 is 0 Å². The number of ether oxygens (including phenoxy) is 1. The Balaban J connectivity index is 2.29. The Hall–Kier alpha value is -2.39. The first-order valence-corrected chi connectivity index (χ1v) is 6.64. The van der Waals surface area contributed by atoms with Crippen molar-refractivity contribution in [3.63, 3.8) is 0 Å². The molecule has 98 valence electrons. The number of benzene rings is 2. The maximum absolute atomic E-state index is 5.39. The third kappa shape index (κ3) is 1.47. The lowest BCUT2D eigenvalue weighted by Gasteiger charge is -2.07. The second-order valence-corrected chi connectivity index (χ2v) is 4.90. The van der Waals surface area contributed by atoms with E-state index in [0.717, 1.165) is 5.52 Å². The molecule has 4 aromatic rings. The maximum atomic E-state index is 5.39. The fourth-order valence-electron chi connectivity index (χ4n) is 2.94. The van der Waals surface area contributed by atoms with Gasteiger partial charge in [0.25, 0.3) is 0 Å². The maximum Gasteiger partial charge on any atom is 0.123 e. The van der Waals surface area contributed by atoms with Gasteiger partial charge in [-0.3, -0.25) is 4.98 Å². The highest BCUT2D eigenvalue weighted by Crippen LogP contribution is 2.32. The molecule has 0 saturated heterocycles. The Labute approximate surface area is 116 Å². The van der Waals surface area contributed by atoms with Crippen LogP contribution in [0.1, 0.15) is 0 Å². The lowest BCUT2D eigenvalue weighted by atomic mass is 10.1. The van der Waals surface area contributed by atoms with Gasteiger partial charge in [0.15, 0.2) is 0 Å². The molecule has 0 N–H and O–H groups in total. The molecule has 0 atom stereocenters. The number of pyridine rings is 1. The van der Waals surface area contributed by atoms with Crippen molar-refractivity contribution in [3.8, 4) is 0 Å². The second kappa shape index (κ2) is 4.32. The highest BCUT2D eigenvalue weighted by Gasteiger charge is 2.13. The first-order chi connectivity index (χ1) is 9.90. The SMILES string of the molecule is COCn1c2ccccc2c2cnc3ccccc3c21. The summed E-state index contributed by atoms with van der Waals surface area (Å²) in [6.45, 7) is 0.540. The fraction of sp³-hybridized carbons (Fsp3) is 0.118. The summed E-state index contributed by atoms with van der Waals surface area (Å²) in [5.41, 5.74) is 3.39. The van der Waals surface area contributed by atoms with Gasteiger partial charge in [0.2, 0.25) is 0 Å². The predicted molar refractivity (Wildman–Crippen MR) is 81.8 cm³/mol. The van der Waals surface area contributed by atoms with Crippen LogP contribution >= 0.6 is 0 Å². The Morgan fingerprint density at radius 2 is 1.70 bits per heavy atom. The second-order valence-electron chi connectivity index (χ2n) is 4.90. The van der Waals surface area contributed by atoms with Crippen molar-refractivity contribution in [1.29, 1.82) is 0 Å². The normalized spacial score (nSPS) is 11.7. The number of aromatic nitrogens is 2. The largest absolute Gasteiger partial charge is 0.364 e. The van der Waals surface area contributed by atoms with Gasteiger partial charge in [-0.25, -0.2) is 0 Å². The van der Waals surface area contributed by atoms with Gasteiger partial charge in [-0.2, -0.15) is 0 Å². The quantitative estimate of drug-likeness (QED) is 0.547. The summed E-state index contributed by atoms with van der Waals surface area (Å²) in [5.74, 6) is 0.